The highest BCUT2D eigenvalue weighted by molar-refractivity contribution is 5.75. The summed E-state index contributed by atoms with van der Waals surface area (Å²) < 4.78 is 25.4. The van der Waals surface area contributed by atoms with Crippen molar-refractivity contribution in [1.29, 1.82) is 0 Å². The summed E-state index contributed by atoms with van der Waals surface area (Å²) in [7, 11) is 0. The second-order valence-electron chi connectivity index (χ2n) is 2.02. The third-order valence-electron chi connectivity index (χ3n) is 1.06. The van der Waals surface area contributed by atoms with Gasteiger partial charge in [-0.15, -0.1) is 5.10 Å². The maximum absolute atomic E-state index is 12.4. The van der Waals surface area contributed by atoms with E-state index in [-0.39, 0.29) is 0 Å². The molecule has 12 heavy (non-hydrogen) atoms. The average Bonchev–Trinajstić information content (AvgIpc) is 2.38. The van der Waals surface area contributed by atoms with Crippen molar-refractivity contribution in [3.63, 3.8) is 0 Å². The van der Waals surface area contributed by atoms with Crippen LogP contribution in [0.5, 0.6) is 0 Å². The summed E-state index contributed by atoms with van der Waals surface area (Å²) in [4.78, 5) is 9.92. The Balaban J connectivity index is 2.69. The first kappa shape index (κ1) is 8.50. The Hall–Kier alpha value is -1.60. The number of rotatable bonds is 3. The van der Waals surface area contributed by atoms with Gasteiger partial charge < -0.3 is 5.11 Å². The molecule has 0 aliphatic carbocycles. The zero-order chi connectivity index (χ0) is 9.19. The van der Waals surface area contributed by atoms with Gasteiger partial charge in [-0.05, 0) is 10.4 Å². The third kappa shape index (κ3) is 1.71. The predicted molar refractivity (Wildman–Crippen MR) is 30.4 cm³/mol. The smallest absolute Gasteiger partial charge is 0.376 e. The van der Waals surface area contributed by atoms with Crippen LogP contribution in [0.25, 0.3) is 0 Å². The van der Waals surface area contributed by atoms with Crippen molar-refractivity contribution in [2.75, 3.05) is 0 Å². The Morgan fingerprint density at radius 1 is 1.67 bits per heavy atom. The minimum atomic E-state index is -3.84. The minimum Gasteiger partial charge on any atom is -0.477 e. The normalized spacial score (nSPS) is 11.5. The lowest BCUT2D eigenvalue weighted by molar-refractivity contribution is -0.167. The van der Waals surface area contributed by atoms with Crippen molar-refractivity contribution in [2.45, 2.75) is 12.5 Å². The van der Waals surface area contributed by atoms with E-state index in [1.807, 2.05) is 0 Å². The molecule has 0 atom stereocenters. The van der Waals surface area contributed by atoms with Crippen molar-refractivity contribution in [2.24, 2.45) is 0 Å². The zero-order valence-electron chi connectivity index (χ0n) is 5.68. The summed E-state index contributed by atoms with van der Waals surface area (Å²) >= 11 is 0. The zero-order valence-corrected chi connectivity index (χ0v) is 5.68. The second-order valence-corrected chi connectivity index (χ2v) is 2.02. The van der Waals surface area contributed by atoms with E-state index in [0.29, 0.717) is 4.68 Å². The van der Waals surface area contributed by atoms with Gasteiger partial charge in [0, 0.05) is 0 Å². The van der Waals surface area contributed by atoms with Gasteiger partial charge in [0.1, 0.15) is 12.9 Å². The Morgan fingerprint density at radius 2 is 2.33 bits per heavy atom. The first-order valence-corrected chi connectivity index (χ1v) is 2.84. The molecule has 0 aliphatic rings. The molecule has 1 N–H and O–H groups in total. The monoisotopic (exact) mass is 178 g/mol. The Bertz CT molecular complexity index is 273. The van der Waals surface area contributed by atoms with E-state index in [2.05, 4.69) is 15.5 Å². The number of aromatic nitrogens is 4. The molecule has 1 heterocycles. The highest BCUT2D eigenvalue weighted by atomic mass is 19.3. The summed E-state index contributed by atoms with van der Waals surface area (Å²) in [5.74, 6) is -6.03. The van der Waals surface area contributed by atoms with Crippen LogP contribution in [0.1, 0.15) is 0 Å². The maximum Gasteiger partial charge on any atom is 0.376 e. The van der Waals surface area contributed by atoms with Crippen LogP contribution >= 0.6 is 0 Å². The number of carbonyl (C=O) groups is 1. The highest BCUT2D eigenvalue weighted by Gasteiger charge is 2.39. The van der Waals surface area contributed by atoms with Gasteiger partial charge >= 0.3 is 11.9 Å². The number of aliphatic carboxylic acids is 1. The van der Waals surface area contributed by atoms with Crippen LogP contribution in [0.15, 0.2) is 6.33 Å². The fraction of sp³-hybridized carbons (Fsp3) is 0.500. The van der Waals surface area contributed by atoms with Crippen LogP contribution in [0.2, 0.25) is 0 Å². The van der Waals surface area contributed by atoms with Gasteiger partial charge in [-0.1, -0.05) is 0 Å². The van der Waals surface area contributed by atoms with E-state index >= 15 is 0 Å². The molecule has 0 radical (unpaired) electrons. The third-order valence-corrected chi connectivity index (χ3v) is 1.06. The van der Waals surface area contributed by atoms with Crippen molar-refractivity contribution in [1.82, 2.24) is 20.2 Å². The second kappa shape index (κ2) is 2.80. The topological polar surface area (TPSA) is 80.9 Å². The molecule has 0 aromatic carbocycles. The molecule has 1 aromatic rings. The molecule has 0 unspecified atom stereocenters. The lowest BCUT2D eigenvalue weighted by atomic mass is 10.3. The van der Waals surface area contributed by atoms with Gasteiger partial charge in [0.05, 0.1) is 0 Å². The lowest BCUT2D eigenvalue weighted by Crippen LogP contribution is -2.33. The molecule has 0 bridgehead atoms. The number of carboxylic acids is 1. The largest absolute Gasteiger partial charge is 0.477 e. The molecular formula is C4H4F2N4O2. The van der Waals surface area contributed by atoms with Crippen molar-refractivity contribution in [3.05, 3.63) is 6.33 Å². The summed E-state index contributed by atoms with van der Waals surface area (Å²) in [6.07, 6.45) is 0.914. The van der Waals surface area contributed by atoms with Crippen LogP contribution in [-0.4, -0.2) is 37.2 Å². The molecule has 0 aliphatic heterocycles. The van der Waals surface area contributed by atoms with Gasteiger partial charge in [0.2, 0.25) is 0 Å². The number of nitrogens with zero attached hydrogens (tertiary/aromatic N) is 4. The Kier molecular flexibility index (Phi) is 1.98. The quantitative estimate of drug-likeness (QED) is 0.667. The highest BCUT2D eigenvalue weighted by Crippen LogP contribution is 2.14. The summed E-state index contributed by atoms with van der Waals surface area (Å²) in [5.41, 5.74) is 0. The van der Waals surface area contributed by atoms with Crippen LogP contribution in [-0.2, 0) is 11.3 Å². The number of alkyl halides is 2. The van der Waals surface area contributed by atoms with Gasteiger partial charge in [-0.3, -0.25) is 0 Å². The predicted octanol–water partition coefficient (Wildman–Crippen LogP) is -0.607. The summed E-state index contributed by atoms with van der Waals surface area (Å²) in [5, 5.41) is 17.2. The molecule has 0 spiro atoms. The van der Waals surface area contributed by atoms with Crippen LogP contribution in [0.4, 0.5) is 8.78 Å². The molecule has 0 saturated carbocycles. The van der Waals surface area contributed by atoms with Crippen molar-refractivity contribution >= 4 is 5.97 Å². The molecule has 6 nitrogen and oxygen atoms in total. The van der Waals surface area contributed by atoms with Gasteiger partial charge in [-0.25, -0.2) is 9.48 Å². The molecular weight excluding hydrogens is 174 g/mol. The minimum absolute atomic E-state index is 0.647. The average molecular weight is 178 g/mol. The number of tetrazole rings is 1. The first-order valence-electron chi connectivity index (χ1n) is 2.84. The Morgan fingerprint density at radius 3 is 2.75 bits per heavy atom. The van der Waals surface area contributed by atoms with Crippen LogP contribution in [0.3, 0.4) is 0 Å². The molecule has 1 aromatic heterocycles. The van der Waals surface area contributed by atoms with Crippen LogP contribution < -0.4 is 0 Å². The summed E-state index contributed by atoms with van der Waals surface area (Å²) in [6, 6.07) is 0. The molecule has 0 amide bonds. The number of halogens is 2. The lowest BCUT2D eigenvalue weighted by Gasteiger charge is -2.08. The van der Waals surface area contributed by atoms with E-state index in [1.54, 1.807) is 0 Å². The molecule has 0 saturated heterocycles. The molecule has 8 heteroatoms. The van der Waals surface area contributed by atoms with Gasteiger partial charge in [-0.2, -0.15) is 8.78 Å². The fourth-order valence-corrected chi connectivity index (χ4v) is 0.524. The number of carboxylic acid groups (broad SMARTS) is 1. The molecule has 0 fully saturated rings. The maximum atomic E-state index is 12.4. The molecule has 1 rings (SSSR count). The van der Waals surface area contributed by atoms with Gasteiger partial charge in [0.25, 0.3) is 0 Å². The van der Waals surface area contributed by atoms with E-state index in [9.17, 15) is 13.6 Å². The standard InChI is InChI=1S/C4H4F2N4O2/c5-4(6,3(11)12)1-10-2-7-8-9-10/h2H,1H2,(H,11,12). The van der Waals surface area contributed by atoms with E-state index in [4.69, 9.17) is 5.11 Å². The summed E-state index contributed by atoms with van der Waals surface area (Å²) in [6.45, 7) is -1.06. The SMILES string of the molecule is O=C(O)C(F)(F)Cn1cnnn1. The first-order chi connectivity index (χ1) is 5.52. The van der Waals surface area contributed by atoms with Crippen LogP contribution in [0, 0.1) is 0 Å². The van der Waals surface area contributed by atoms with Crippen molar-refractivity contribution in [3.8, 4) is 0 Å². The number of hydrogen-bond donors (Lipinski definition) is 1. The van der Waals surface area contributed by atoms with Crippen molar-refractivity contribution < 1.29 is 18.7 Å². The number of hydrogen-bond acceptors (Lipinski definition) is 4. The van der Waals surface area contributed by atoms with E-state index in [0.717, 1.165) is 6.33 Å². The molecule has 66 valence electrons. The van der Waals surface area contributed by atoms with E-state index in [1.165, 1.54) is 0 Å². The fourth-order valence-electron chi connectivity index (χ4n) is 0.524. The van der Waals surface area contributed by atoms with Gasteiger partial charge in [0.15, 0.2) is 0 Å². The van der Waals surface area contributed by atoms with E-state index < -0.39 is 18.4 Å². The Labute approximate surface area is 64.8 Å².